The van der Waals surface area contributed by atoms with Gasteiger partial charge in [-0.05, 0) is 48.0 Å². The molecule has 0 aliphatic rings. The van der Waals surface area contributed by atoms with Crippen LogP contribution in [-0.4, -0.2) is 35.6 Å². The maximum Gasteiger partial charge on any atom is 0.256 e. The average molecular weight is 508 g/mol. The highest BCUT2D eigenvalue weighted by atomic mass is 16.5. The number of amides is 2. The summed E-state index contributed by atoms with van der Waals surface area (Å²) in [5.41, 5.74) is 8.07. The first-order valence-electron chi connectivity index (χ1n) is 11.7. The van der Waals surface area contributed by atoms with E-state index in [4.69, 9.17) is 10.5 Å². The summed E-state index contributed by atoms with van der Waals surface area (Å²) in [5, 5.41) is 26.4. The van der Waals surface area contributed by atoms with Gasteiger partial charge in [-0.2, -0.15) is 5.26 Å². The Hall–Kier alpha value is -5.20. The van der Waals surface area contributed by atoms with E-state index in [-0.39, 0.29) is 41.7 Å². The van der Waals surface area contributed by atoms with Crippen LogP contribution < -0.4 is 21.1 Å². The van der Waals surface area contributed by atoms with Crippen LogP contribution >= 0.6 is 0 Å². The number of nitrogens with one attached hydrogen (secondary N) is 2. The van der Waals surface area contributed by atoms with Crippen LogP contribution in [0.3, 0.4) is 0 Å². The number of nitrogens with two attached hydrogens (primary N) is 1. The van der Waals surface area contributed by atoms with Crippen molar-refractivity contribution in [3.63, 3.8) is 0 Å². The van der Waals surface area contributed by atoms with Crippen LogP contribution in [0.4, 0.5) is 11.5 Å². The van der Waals surface area contributed by atoms with E-state index in [0.717, 1.165) is 0 Å². The topological polar surface area (TPSA) is 150 Å². The lowest BCUT2D eigenvalue weighted by Crippen LogP contribution is -2.16. The van der Waals surface area contributed by atoms with Gasteiger partial charge in [0.25, 0.3) is 5.91 Å². The Balaban J connectivity index is 1.90. The number of rotatable bonds is 8. The van der Waals surface area contributed by atoms with Crippen LogP contribution in [0.5, 0.6) is 11.5 Å². The number of aromatic nitrogens is 1. The number of nitriles is 1. The van der Waals surface area contributed by atoms with Gasteiger partial charge in [-0.25, -0.2) is 4.98 Å². The minimum absolute atomic E-state index is 0.0109. The fourth-order valence-corrected chi connectivity index (χ4v) is 3.94. The van der Waals surface area contributed by atoms with E-state index in [2.05, 4.69) is 21.7 Å². The molecule has 4 aromatic rings. The van der Waals surface area contributed by atoms with Gasteiger partial charge in [0, 0.05) is 29.8 Å². The summed E-state index contributed by atoms with van der Waals surface area (Å²) in [7, 11) is 1.47. The molecule has 0 spiro atoms. The molecule has 4 rings (SSSR count). The van der Waals surface area contributed by atoms with E-state index in [0.29, 0.717) is 33.7 Å². The Bertz CT molecular complexity index is 1530. The first-order chi connectivity index (χ1) is 18.4. The molecule has 1 aromatic heterocycles. The minimum atomic E-state index is -0.454. The van der Waals surface area contributed by atoms with Gasteiger partial charge in [-0.15, -0.1) is 0 Å². The number of methoxy groups -OCH3 is 1. The van der Waals surface area contributed by atoms with Gasteiger partial charge in [0.1, 0.15) is 23.1 Å². The van der Waals surface area contributed by atoms with Crippen LogP contribution in [0.15, 0.2) is 78.9 Å². The van der Waals surface area contributed by atoms with E-state index in [9.17, 15) is 20.0 Å². The van der Waals surface area contributed by atoms with E-state index in [1.807, 2.05) is 0 Å². The van der Waals surface area contributed by atoms with Crippen molar-refractivity contribution in [1.82, 2.24) is 4.98 Å². The number of aromatic hydroxyl groups is 1. The van der Waals surface area contributed by atoms with Crippen LogP contribution in [0, 0.1) is 11.3 Å². The monoisotopic (exact) mass is 507 g/mol. The number of ether oxygens (including phenoxy) is 1. The number of pyridine rings is 1. The molecule has 0 saturated carbocycles. The van der Waals surface area contributed by atoms with Gasteiger partial charge in [-0.1, -0.05) is 36.4 Å². The second kappa shape index (κ2) is 11.7. The van der Waals surface area contributed by atoms with Crippen LogP contribution in [-0.2, 0) is 4.79 Å². The molecule has 0 fully saturated rings. The molecule has 1 heterocycles. The molecule has 38 heavy (non-hydrogen) atoms. The molecule has 9 heteroatoms. The number of carbonyl (C=O) groups is 2. The Morgan fingerprint density at radius 2 is 1.79 bits per heavy atom. The van der Waals surface area contributed by atoms with E-state index in [1.165, 1.54) is 13.2 Å². The lowest BCUT2D eigenvalue weighted by Gasteiger charge is -2.16. The fourth-order valence-electron chi connectivity index (χ4n) is 3.94. The zero-order valence-electron chi connectivity index (χ0n) is 20.6. The smallest absolute Gasteiger partial charge is 0.256 e. The predicted molar refractivity (Wildman–Crippen MR) is 145 cm³/mol. The maximum atomic E-state index is 13.0. The Labute approximate surface area is 219 Å². The van der Waals surface area contributed by atoms with Gasteiger partial charge < -0.3 is 26.2 Å². The van der Waals surface area contributed by atoms with E-state index in [1.54, 1.807) is 72.8 Å². The van der Waals surface area contributed by atoms with Crippen molar-refractivity contribution < 1.29 is 19.4 Å². The van der Waals surface area contributed by atoms with Crippen molar-refractivity contribution in [1.29, 1.82) is 5.26 Å². The third-order valence-corrected chi connectivity index (χ3v) is 5.71. The van der Waals surface area contributed by atoms with Crippen molar-refractivity contribution in [3.05, 3.63) is 90.0 Å². The zero-order valence-corrected chi connectivity index (χ0v) is 20.6. The molecule has 0 aliphatic heterocycles. The summed E-state index contributed by atoms with van der Waals surface area (Å²) in [6.07, 6.45) is 0.163. The summed E-state index contributed by atoms with van der Waals surface area (Å²) in [4.78, 5) is 29.7. The molecule has 190 valence electrons. The molecule has 0 aliphatic carbocycles. The molecule has 0 unspecified atom stereocenters. The average Bonchev–Trinajstić information content (AvgIpc) is 2.93. The highest BCUT2D eigenvalue weighted by molar-refractivity contribution is 6.05. The second-order valence-electron chi connectivity index (χ2n) is 8.23. The highest BCUT2D eigenvalue weighted by Crippen LogP contribution is 2.40. The van der Waals surface area contributed by atoms with Gasteiger partial charge in [0.2, 0.25) is 5.91 Å². The maximum absolute atomic E-state index is 13.0. The predicted octanol–water partition coefficient (Wildman–Crippen LogP) is 4.54. The first-order valence-corrected chi connectivity index (χ1v) is 11.7. The van der Waals surface area contributed by atoms with Crippen LogP contribution in [0.1, 0.15) is 22.3 Å². The fraction of sp³-hybridized carbons (Fsp3) is 0.103. The molecule has 2 amide bonds. The summed E-state index contributed by atoms with van der Waals surface area (Å²) >= 11 is 0. The van der Waals surface area contributed by atoms with Crippen molar-refractivity contribution >= 4 is 23.3 Å². The standard InChI is InChI=1S/C29H25N5O4/c1-38-25-12-6-11-24(35)27(25)23-16-21(19-9-5-10-20(15-19)32-26(36)13-14-30)22(17-31)28(33-23)34-29(37)18-7-3-2-4-8-18/h2-12,15-16,35H,13-14,30H2,1H3,(H,32,36)(H,33,34,37). The molecule has 0 atom stereocenters. The molecule has 5 N–H and O–H groups in total. The van der Waals surface area contributed by atoms with Crippen molar-refractivity contribution in [2.45, 2.75) is 6.42 Å². The number of benzene rings is 3. The molecule has 0 bridgehead atoms. The number of phenols is 1. The van der Waals surface area contributed by atoms with Gasteiger partial charge in [0.05, 0.1) is 18.4 Å². The van der Waals surface area contributed by atoms with Gasteiger partial charge in [0.15, 0.2) is 5.82 Å². The molecular weight excluding hydrogens is 482 g/mol. The molecule has 0 saturated heterocycles. The molecule has 9 nitrogen and oxygen atoms in total. The molecule has 0 radical (unpaired) electrons. The van der Waals surface area contributed by atoms with Crippen molar-refractivity contribution in [2.24, 2.45) is 5.73 Å². The van der Waals surface area contributed by atoms with Crippen molar-refractivity contribution in [3.8, 4) is 40.0 Å². The quantitative estimate of drug-likeness (QED) is 0.273. The SMILES string of the molecule is COc1cccc(O)c1-c1cc(-c2cccc(NC(=O)CCN)c2)c(C#N)c(NC(=O)c2ccccc2)n1. The lowest BCUT2D eigenvalue weighted by molar-refractivity contribution is -0.116. The second-order valence-corrected chi connectivity index (χ2v) is 8.23. The lowest BCUT2D eigenvalue weighted by atomic mass is 9.97. The summed E-state index contributed by atoms with van der Waals surface area (Å²) in [5.74, 6) is -0.413. The number of nitrogens with zero attached hydrogens (tertiary/aromatic N) is 2. The summed E-state index contributed by atoms with van der Waals surface area (Å²) in [6.45, 7) is 0.213. The Kier molecular flexibility index (Phi) is 7.96. The minimum Gasteiger partial charge on any atom is -0.507 e. The van der Waals surface area contributed by atoms with Gasteiger partial charge >= 0.3 is 0 Å². The first kappa shape index (κ1) is 25.9. The number of anilines is 2. The van der Waals surface area contributed by atoms with Crippen LogP contribution in [0.25, 0.3) is 22.4 Å². The highest BCUT2D eigenvalue weighted by Gasteiger charge is 2.21. The third-order valence-electron chi connectivity index (χ3n) is 5.71. The molecule has 3 aromatic carbocycles. The van der Waals surface area contributed by atoms with Crippen molar-refractivity contribution in [2.75, 3.05) is 24.3 Å². The number of hydrogen-bond acceptors (Lipinski definition) is 7. The third kappa shape index (κ3) is 5.61. The zero-order chi connectivity index (χ0) is 27.1. The summed E-state index contributed by atoms with van der Waals surface area (Å²) < 4.78 is 5.45. The summed E-state index contributed by atoms with van der Waals surface area (Å²) in [6, 6.07) is 24.0. The number of hydrogen-bond donors (Lipinski definition) is 4. The number of carbonyl (C=O) groups excluding carboxylic acids is 2. The number of phenolic OH excluding ortho intramolecular Hbond substituents is 1. The van der Waals surface area contributed by atoms with E-state index < -0.39 is 5.91 Å². The van der Waals surface area contributed by atoms with Crippen LogP contribution in [0.2, 0.25) is 0 Å². The molecular formula is C29H25N5O4. The van der Waals surface area contributed by atoms with Gasteiger partial charge in [-0.3, -0.25) is 9.59 Å². The van der Waals surface area contributed by atoms with E-state index >= 15 is 0 Å². The Morgan fingerprint density at radius 3 is 2.50 bits per heavy atom. The Morgan fingerprint density at radius 1 is 1.03 bits per heavy atom. The largest absolute Gasteiger partial charge is 0.507 e. The normalized spacial score (nSPS) is 10.3.